The molecule has 1 amide bonds. The second-order valence-electron chi connectivity index (χ2n) is 3.49. The van der Waals surface area contributed by atoms with Crippen LogP contribution in [0.3, 0.4) is 0 Å². The van der Waals surface area contributed by atoms with Crippen molar-refractivity contribution in [3.8, 4) is 11.5 Å². The Morgan fingerprint density at radius 1 is 1.28 bits per heavy atom. The number of nitrogens with zero attached hydrogens (tertiary/aromatic N) is 1. The van der Waals surface area contributed by atoms with E-state index < -0.39 is 11.7 Å². The molecule has 0 bridgehead atoms. The third-order valence-corrected chi connectivity index (χ3v) is 2.46. The van der Waals surface area contributed by atoms with E-state index in [0.29, 0.717) is 5.02 Å². The van der Waals surface area contributed by atoms with Gasteiger partial charge >= 0.3 is 0 Å². The van der Waals surface area contributed by atoms with Crippen molar-refractivity contribution in [1.82, 2.24) is 4.98 Å². The molecule has 0 aliphatic heterocycles. The summed E-state index contributed by atoms with van der Waals surface area (Å²) in [6.07, 6.45) is 1.44. The molecule has 0 radical (unpaired) electrons. The Morgan fingerprint density at radius 2 is 2.06 bits per heavy atom. The average Bonchev–Trinajstić information content (AvgIpc) is 2.32. The maximum Gasteiger partial charge on any atom is 0.260 e. The van der Waals surface area contributed by atoms with Gasteiger partial charge in [-0.05, 0) is 24.3 Å². The summed E-state index contributed by atoms with van der Waals surface area (Å²) in [6, 6.07) is 7.16. The molecule has 5 nitrogen and oxygen atoms in total. The van der Waals surface area contributed by atoms with Crippen molar-refractivity contribution < 1.29 is 15.0 Å². The molecule has 0 aliphatic carbocycles. The first kappa shape index (κ1) is 12.2. The largest absolute Gasteiger partial charge is 0.504 e. The lowest BCUT2D eigenvalue weighted by atomic mass is 10.1. The number of nitrogens with one attached hydrogen (secondary N) is 1. The van der Waals surface area contributed by atoms with Crippen LogP contribution >= 0.6 is 11.6 Å². The first-order valence-corrected chi connectivity index (χ1v) is 5.39. The second kappa shape index (κ2) is 4.93. The highest BCUT2D eigenvalue weighted by molar-refractivity contribution is 6.30. The molecule has 0 saturated heterocycles. The molecule has 92 valence electrons. The van der Waals surface area contributed by atoms with Crippen LogP contribution in [-0.2, 0) is 0 Å². The molecule has 18 heavy (non-hydrogen) atoms. The molecular weight excluding hydrogens is 256 g/mol. The van der Waals surface area contributed by atoms with E-state index in [1.165, 1.54) is 30.5 Å². The molecule has 1 aromatic heterocycles. The number of carbonyl (C=O) groups excluding carboxylic acids is 1. The van der Waals surface area contributed by atoms with E-state index in [1.807, 2.05) is 0 Å². The zero-order valence-electron chi connectivity index (χ0n) is 9.09. The smallest absolute Gasteiger partial charge is 0.260 e. The van der Waals surface area contributed by atoms with Crippen molar-refractivity contribution in [3.63, 3.8) is 0 Å². The number of phenolic OH excluding ortho intramolecular Hbond substituents is 2. The van der Waals surface area contributed by atoms with Crippen molar-refractivity contribution >= 4 is 23.3 Å². The summed E-state index contributed by atoms with van der Waals surface area (Å²) in [7, 11) is 0. The molecule has 1 aromatic carbocycles. The number of hydrogen-bond acceptors (Lipinski definition) is 4. The number of pyridine rings is 1. The highest BCUT2D eigenvalue weighted by Crippen LogP contribution is 2.28. The summed E-state index contributed by atoms with van der Waals surface area (Å²) >= 11 is 5.75. The predicted molar refractivity (Wildman–Crippen MR) is 67.0 cm³/mol. The van der Waals surface area contributed by atoms with Crippen LogP contribution in [0.5, 0.6) is 11.5 Å². The van der Waals surface area contributed by atoms with Crippen LogP contribution in [0.1, 0.15) is 10.4 Å². The predicted octanol–water partition coefficient (Wildman–Crippen LogP) is 2.40. The van der Waals surface area contributed by atoms with Crippen molar-refractivity contribution in [2.24, 2.45) is 0 Å². The average molecular weight is 265 g/mol. The molecule has 2 rings (SSSR count). The van der Waals surface area contributed by atoms with E-state index in [-0.39, 0.29) is 17.1 Å². The third-order valence-electron chi connectivity index (χ3n) is 2.22. The lowest BCUT2D eigenvalue weighted by Crippen LogP contribution is -2.13. The minimum atomic E-state index is -0.585. The fourth-order valence-electron chi connectivity index (χ4n) is 1.37. The molecule has 0 aliphatic rings. The van der Waals surface area contributed by atoms with Gasteiger partial charge in [-0.3, -0.25) is 4.79 Å². The number of amides is 1. The summed E-state index contributed by atoms with van der Waals surface area (Å²) < 4.78 is 0. The lowest BCUT2D eigenvalue weighted by Gasteiger charge is -2.07. The number of para-hydroxylation sites is 1. The lowest BCUT2D eigenvalue weighted by molar-refractivity contribution is 0.102. The van der Waals surface area contributed by atoms with Crippen molar-refractivity contribution in [2.45, 2.75) is 0 Å². The first-order valence-electron chi connectivity index (χ1n) is 5.02. The fourth-order valence-corrected chi connectivity index (χ4v) is 1.53. The van der Waals surface area contributed by atoms with Gasteiger partial charge in [0.2, 0.25) is 0 Å². The SMILES string of the molecule is O=C(Nc1cc(Cl)ccn1)c1cccc(O)c1O. The number of aromatic nitrogens is 1. The van der Waals surface area contributed by atoms with Crippen molar-refractivity contribution in [2.75, 3.05) is 5.32 Å². The van der Waals surface area contributed by atoms with Crippen LogP contribution in [0.25, 0.3) is 0 Å². The summed E-state index contributed by atoms with van der Waals surface area (Å²) in [4.78, 5) is 15.7. The highest BCUT2D eigenvalue weighted by Gasteiger charge is 2.14. The van der Waals surface area contributed by atoms with Gasteiger partial charge < -0.3 is 15.5 Å². The maximum absolute atomic E-state index is 11.8. The van der Waals surface area contributed by atoms with E-state index in [0.717, 1.165) is 0 Å². The minimum Gasteiger partial charge on any atom is -0.504 e. The monoisotopic (exact) mass is 264 g/mol. The summed E-state index contributed by atoms with van der Waals surface area (Å²) in [5.41, 5.74) is -0.0447. The molecule has 0 atom stereocenters. The minimum absolute atomic E-state index is 0.0447. The number of carbonyl (C=O) groups is 1. The molecule has 0 fully saturated rings. The van der Waals surface area contributed by atoms with Gasteiger partial charge in [-0.15, -0.1) is 0 Å². The normalized spacial score (nSPS) is 10.1. The number of phenols is 2. The Morgan fingerprint density at radius 3 is 2.78 bits per heavy atom. The molecule has 0 unspecified atom stereocenters. The van der Waals surface area contributed by atoms with Crippen LogP contribution < -0.4 is 5.32 Å². The standard InChI is InChI=1S/C12H9ClN2O3/c13-7-4-5-14-10(6-7)15-12(18)8-2-1-3-9(16)11(8)17/h1-6,16-17H,(H,14,15,18). The van der Waals surface area contributed by atoms with Crippen molar-refractivity contribution in [3.05, 3.63) is 47.1 Å². The van der Waals surface area contributed by atoms with Crippen LogP contribution in [0.15, 0.2) is 36.5 Å². The van der Waals surface area contributed by atoms with E-state index >= 15 is 0 Å². The summed E-state index contributed by atoms with van der Waals surface area (Å²) in [5, 5.41) is 21.7. The van der Waals surface area contributed by atoms with Crippen LogP contribution in [0.4, 0.5) is 5.82 Å². The maximum atomic E-state index is 11.8. The van der Waals surface area contributed by atoms with Gasteiger partial charge in [-0.2, -0.15) is 0 Å². The van der Waals surface area contributed by atoms with Gasteiger partial charge in [0.1, 0.15) is 5.82 Å². The number of rotatable bonds is 2. The Balaban J connectivity index is 2.25. The van der Waals surface area contributed by atoms with Crippen LogP contribution in [0, 0.1) is 0 Å². The fraction of sp³-hybridized carbons (Fsp3) is 0. The molecule has 0 saturated carbocycles. The van der Waals surface area contributed by atoms with Crippen LogP contribution in [0.2, 0.25) is 5.02 Å². The van der Waals surface area contributed by atoms with Gasteiger partial charge in [0.25, 0.3) is 5.91 Å². The quantitative estimate of drug-likeness (QED) is 0.728. The molecule has 1 heterocycles. The first-order chi connectivity index (χ1) is 8.58. The zero-order chi connectivity index (χ0) is 13.1. The highest BCUT2D eigenvalue weighted by atomic mass is 35.5. The summed E-state index contributed by atoms with van der Waals surface area (Å²) in [6.45, 7) is 0. The summed E-state index contributed by atoms with van der Waals surface area (Å²) in [5.74, 6) is -1.16. The van der Waals surface area contributed by atoms with Gasteiger partial charge in [0.05, 0.1) is 5.56 Å². The van der Waals surface area contributed by atoms with E-state index in [9.17, 15) is 15.0 Å². The second-order valence-corrected chi connectivity index (χ2v) is 3.92. The Labute approximate surface area is 108 Å². The number of benzene rings is 1. The molecule has 3 N–H and O–H groups in total. The van der Waals surface area contributed by atoms with Crippen LogP contribution in [-0.4, -0.2) is 21.1 Å². The molecule has 2 aromatic rings. The van der Waals surface area contributed by atoms with Gasteiger partial charge in [0, 0.05) is 11.2 Å². The Bertz CT molecular complexity index is 602. The topological polar surface area (TPSA) is 82.5 Å². The van der Waals surface area contributed by atoms with E-state index in [4.69, 9.17) is 11.6 Å². The van der Waals surface area contributed by atoms with Gasteiger partial charge in [-0.25, -0.2) is 4.98 Å². The third kappa shape index (κ3) is 2.52. The number of anilines is 1. The van der Waals surface area contributed by atoms with E-state index in [2.05, 4.69) is 10.3 Å². The van der Waals surface area contributed by atoms with Crippen molar-refractivity contribution in [1.29, 1.82) is 0 Å². The van der Waals surface area contributed by atoms with E-state index in [1.54, 1.807) is 6.07 Å². The molecule has 6 heteroatoms. The van der Waals surface area contributed by atoms with Gasteiger partial charge in [0.15, 0.2) is 11.5 Å². The number of aromatic hydroxyl groups is 2. The van der Waals surface area contributed by atoms with Gasteiger partial charge in [-0.1, -0.05) is 17.7 Å². The Kier molecular flexibility index (Phi) is 3.34. The Hall–Kier alpha value is -2.27. The number of halogens is 1. The molecule has 0 spiro atoms. The zero-order valence-corrected chi connectivity index (χ0v) is 9.85. The molecular formula is C12H9ClN2O3. The number of hydrogen-bond donors (Lipinski definition) is 3.